The van der Waals surface area contributed by atoms with Crippen LogP contribution in [0.3, 0.4) is 0 Å². The summed E-state index contributed by atoms with van der Waals surface area (Å²) in [5, 5.41) is 15.6. The van der Waals surface area contributed by atoms with E-state index in [1.165, 1.54) is 12.1 Å². The Bertz CT molecular complexity index is 547. The van der Waals surface area contributed by atoms with Crippen LogP contribution < -0.4 is 10.6 Å². The van der Waals surface area contributed by atoms with E-state index in [4.69, 9.17) is 4.74 Å². The smallest absolute Gasteiger partial charge is 0.191 e. The fourth-order valence-corrected chi connectivity index (χ4v) is 2.88. The molecule has 0 amide bonds. The molecule has 0 radical (unpaired) electrons. The Kier molecular flexibility index (Phi) is 9.58. The number of ether oxygens (including phenoxy) is 1. The summed E-state index contributed by atoms with van der Waals surface area (Å²) in [5.41, 5.74) is 0.523. The summed E-state index contributed by atoms with van der Waals surface area (Å²) in [7, 11) is 1.67. The summed E-state index contributed by atoms with van der Waals surface area (Å²) < 4.78 is 31.8. The molecule has 0 bridgehead atoms. The third kappa shape index (κ3) is 7.02. The number of halogens is 3. The molecule has 1 aliphatic rings. The minimum atomic E-state index is -0.570. The van der Waals surface area contributed by atoms with E-state index in [0.29, 0.717) is 50.7 Å². The van der Waals surface area contributed by atoms with Crippen LogP contribution in [0.1, 0.15) is 18.4 Å². The zero-order valence-electron chi connectivity index (χ0n) is 14.4. The van der Waals surface area contributed by atoms with Gasteiger partial charge in [0.15, 0.2) is 5.96 Å². The normalized spacial score (nSPS) is 20.2. The first-order valence-corrected chi connectivity index (χ1v) is 8.15. The Morgan fingerprint density at radius 3 is 2.56 bits per heavy atom. The molecule has 1 aliphatic heterocycles. The van der Waals surface area contributed by atoms with Crippen molar-refractivity contribution in [2.45, 2.75) is 19.3 Å². The van der Waals surface area contributed by atoms with Crippen molar-refractivity contribution < 1.29 is 18.6 Å². The fourth-order valence-electron chi connectivity index (χ4n) is 2.88. The van der Waals surface area contributed by atoms with Crippen molar-refractivity contribution in [2.75, 3.05) is 40.0 Å². The quantitative estimate of drug-likeness (QED) is 0.325. The van der Waals surface area contributed by atoms with E-state index in [-0.39, 0.29) is 36.0 Å². The summed E-state index contributed by atoms with van der Waals surface area (Å²) in [6.45, 7) is 2.62. The van der Waals surface area contributed by atoms with Crippen LogP contribution in [0.2, 0.25) is 0 Å². The molecule has 0 saturated carbocycles. The molecule has 1 unspecified atom stereocenters. The van der Waals surface area contributed by atoms with E-state index in [1.54, 1.807) is 7.05 Å². The summed E-state index contributed by atoms with van der Waals surface area (Å²) in [5.74, 6) is -0.518. The molecule has 3 N–H and O–H groups in total. The molecule has 1 saturated heterocycles. The molecular weight excluding hydrogens is 443 g/mol. The average Bonchev–Trinajstić information content (AvgIpc) is 2.99. The zero-order chi connectivity index (χ0) is 17.4. The molecule has 1 heterocycles. The maximum Gasteiger partial charge on any atom is 0.191 e. The van der Waals surface area contributed by atoms with Crippen LogP contribution >= 0.6 is 24.0 Å². The first-order chi connectivity index (χ1) is 11.6. The summed E-state index contributed by atoms with van der Waals surface area (Å²) in [4.78, 5) is 4.15. The largest absolute Gasteiger partial charge is 0.396 e. The summed E-state index contributed by atoms with van der Waals surface area (Å²) >= 11 is 0. The predicted octanol–water partition coefficient (Wildman–Crippen LogP) is 2.08. The van der Waals surface area contributed by atoms with Crippen molar-refractivity contribution in [3.63, 3.8) is 0 Å². The van der Waals surface area contributed by atoms with Crippen molar-refractivity contribution in [2.24, 2.45) is 10.4 Å². The second-order valence-corrected chi connectivity index (χ2v) is 6.16. The summed E-state index contributed by atoms with van der Waals surface area (Å²) in [6.07, 6.45) is 2.07. The van der Waals surface area contributed by atoms with E-state index >= 15 is 0 Å². The minimum absolute atomic E-state index is 0. The Balaban J connectivity index is 0.00000312. The van der Waals surface area contributed by atoms with Gasteiger partial charge in [-0.3, -0.25) is 4.99 Å². The first kappa shape index (κ1) is 22.0. The molecule has 142 valence electrons. The van der Waals surface area contributed by atoms with Crippen molar-refractivity contribution in [3.05, 3.63) is 35.4 Å². The van der Waals surface area contributed by atoms with Gasteiger partial charge in [0.25, 0.3) is 0 Å². The number of hydrogen-bond donors (Lipinski definition) is 3. The molecular formula is C17H26F2IN3O2. The van der Waals surface area contributed by atoms with Gasteiger partial charge in [-0.25, -0.2) is 8.78 Å². The van der Waals surface area contributed by atoms with Gasteiger partial charge in [-0.15, -0.1) is 24.0 Å². The standard InChI is InChI=1S/C17H25F2N3O2.HI/c1-20-16(22-11-17(3-6-23)4-7-24-12-17)21-5-2-13-8-14(18)10-15(19)9-13;/h8-10,23H,2-7,11-12H2,1H3,(H2,20,21,22);1H. The van der Waals surface area contributed by atoms with Crippen LogP contribution in [0, 0.1) is 17.0 Å². The van der Waals surface area contributed by atoms with Crippen molar-refractivity contribution in [1.29, 1.82) is 0 Å². The van der Waals surface area contributed by atoms with Crippen molar-refractivity contribution in [1.82, 2.24) is 10.6 Å². The second-order valence-electron chi connectivity index (χ2n) is 6.16. The third-order valence-electron chi connectivity index (χ3n) is 4.31. The molecule has 0 spiro atoms. The molecule has 0 aliphatic carbocycles. The lowest BCUT2D eigenvalue weighted by Gasteiger charge is -2.27. The predicted molar refractivity (Wildman–Crippen MR) is 104 cm³/mol. The monoisotopic (exact) mass is 469 g/mol. The lowest BCUT2D eigenvalue weighted by atomic mass is 9.84. The van der Waals surface area contributed by atoms with E-state index < -0.39 is 11.6 Å². The van der Waals surface area contributed by atoms with Crippen LogP contribution in [0.15, 0.2) is 23.2 Å². The topological polar surface area (TPSA) is 65.9 Å². The molecule has 5 nitrogen and oxygen atoms in total. The number of nitrogens with zero attached hydrogens (tertiary/aromatic N) is 1. The molecule has 1 aromatic rings. The highest BCUT2D eigenvalue weighted by molar-refractivity contribution is 14.0. The van der Waals surface area contributed by atoms with Crippen LogP contribution in [0.4, 0.5) is 8.78 Å². The lowest BCUT2D eigenvalue weighted by molar-refractivity contribution is 0.127. The van der Waals surface area contributed by atoms with Gasteiger partial charge in [-0.05, 0) is 37.0 Å². The fraction of sp³-hybridized carbons (Fsp3) is 0.588. The highest BCUT2D eigenvalue weighted by Crippen LogP contribution is 2.31. The molecule has 1 fully saturated rings. The number of hydrogen-bond acceptors (Lipinski definition) is 3. The van der Waals surface area contributed by atoms with Gasteiger partial charge in [0.05, 0.1) is 6.61 Å². The van der Waals surface area contributed by atoms with Crippen molar-refractivity contribution in [3.8, 4) is 0 Å². The number of aliphatic imine (C=N–C) groups is 1. The van der Waals surface area contributed by atoms with Crippen LogP contribution in [-0.2, 0) is 11.2 Å². The van der Waals surface area contributed by atoms with Crippen LogP contribution in [0.25, 0.3) is 0 Å². The number of guanidine groups is 1. The number of aliphatic hydroxyl groups excluding tert-OH is 1. The molecule has 8 heteroatoms. The Hall–Kier alpha value is -1.00. The molecule has 25 heavy (non-hydrogen) atoms. The number of aliphatic hydroxyl groups is 1. The van der Waals surface area contributed by atoms with E-state index in [9.17, 15) is 13.9 Å². The first-order valence-electron chi connectivity index (χ1n) is 8.15. The zero-order valence-corrected chi connectivity index (χ0v) is 16.7. The minimum Gasteiger partial charge on any atom is -0.396 e. The second kappa shape index (κ2) is 10.9. The SMILES string of the molecule is CN=C(NCCc1cc(F)cc(F)c1)NCC1(CCO)CCOC1.I. The van der Waals surface area contributed by atoms with Gasteiger partial charge >= 0.3 is 0 Å². The lowest BCUT2D eigenvalue weighted by Crippen LogP contribution is -2.45. The maximum atomic E-state index is 13.2. The Labute approximate surface area is 164 Å². The van der Waals surface area contributed by atoms with Crippen LogP contribution in [-0.4, -0.2) is 51.0 Å². The van der Waals surface area contributed by atoms with Gasteiger partial charge in [0.2, 0.25) is 0 Å². The number of benzene rings is 1. The molecule has 1 aromatic carbocycles. The third-order valence-corrected chi connectivity index (χ3v) is 4.31. The van der Waals surface area contributed by atoms with E-state index in [1.807, 2.05) is 0 Å². The van der Waals surface area contributed by atoms with Gasteiger partial charge < -0.3 is 20.5 Å². The van der Waals surface area contributed by atoms with E-state index in [2.05, 4.69) is 15.6 Å². The number of nitrogens with one attached hydrogen (secondary N) is 2. The highest BCUT2D eigenvalue weighted by Gasteiger charge is 2.34. The highest BCUT2D eigenvalue weighted by atomic mass is 127. The van der Waals surface area contributed by atoms with Gasteiger partial charge in [0, 0.05) is 44.8 Å². The molecule has 2 rings (SSSR count). The van der Waals surface area contributed by atoms with Crippen LogP contribution in [0.5, 0.6) is 0 Å². The number of rotatable bonds is 7. The molecule has 1 atom stereocenters. The average molecular weight is 469 g/mol. The van der Waals surface area contributed by atoms with Gasteiger partial charge in [-0.1, -0.05) is 0 Å². The van der Waals surface area contributed by atoms with E-state index in [0.717, 1.165) is 12.5 Å². The summed E-state index contributed by atoms with van der Waals surface area (Å²) in [6, 6.07) is 3.52. The maximum absolute atomic E-state index is 13.2. The van der Waals surface area contributed by atoms with Gasteiger partial charge in [-0.2, -0.15) is 0 Å². The molecule has 0 aromatic heterocycles. The Morgan fingerprint density at radius 2 is 2.00 bits per heavy atom. The Morgan fingerprint density at radius 1 is 1.28 bits per heavy atom. The van der Waals surface area contributed by atoms with Gasteiger partial charge in [0.1, 0.15) is 11.6 Å². The van der Waals surface area contributed by atoms with Crippen molar-refractivity contribution >= 4 is 29.9 Å².